The fraction of sp³-hybridized carbons (Fsp3) is 0.571. The summed E-state index contributed by atoms with van der Waals surface area (Å²) in [6.07, 6.45) is 5.81. The minimum Gasteiger partial charge on any atom is -0.389 e. The molecule has 1 saturated heterocycles. The van der Waals surface area contributed by atoms with Gasteiger partial charge in [-0.2, -0.15) is 0 Å². The van der Waals surface area contributed by atoms with Gasteiger partial charge in [-0.1, -0.05) is 6.58 Å². The van der Waals surface area contributed by atoms with Crippen LogP contribution in [0.1, 0.15) is 6.42 Å². The Labute approximate surface area is 130 Å². The lowest BCUT2D eigenvalue weighted by Gasteiger charge is -2.24. The van der Waals surface area contributed by atoms with Crippen molar-refractivity contribution in [1.29, 1.82) is 0 Å². The Hall–Kier alpha value is -0.740. The maximum Gasteiger partial charge on any atom is 0.323 e. The molecular formula is C14H22ClN2O3P. The number of ether oxygens (including phenoxy) is 1. The third kappa shape index (κ3) is 3.92. The Bertz CT molecular complexity index is 528. The second-order valence-electron chi connectivity index (χ2n) is 6.15. The van der Waals surface area contributed by atoms with E-state index >= 15 is 0 Å². The molecule has 0 aromatic carbocycles. The molecule has 4 atom stereocenters. The molecule has 5 nitrogen and oxygen atoms in total. The van der Waals surface area contributed by atoms with E-state index in [2.05, 4.69) is 36.8 Å². The molecule has 0 bridgehead atoms. The highest BCUT2D eigenvalue weighted by molar-refractivity contribution is 7.72. The van der Waals surface area contributed by atoms with Gasteiger partial charge in [0.1, 0.15) is 6.10 Å². The fourth-order valence-electron chi connectivity index (χ4n) is 2.42. The second-order valence-corrected chi connectivity index (χ2v) is 11.0. The predicted octanol–water partition coefficient (Wildman–Crippen LogP) is 1.53. The van der Waals surface area contributed by atoms with Gasteiger partial charge in [0.15, 0.2) is 0 Å². The van der Waals surface area contributed by atoms with E-state index < -0.39 is 24.5 Å². The normalized spacial score (nSPS) is 33.4. The lowest BCUT2D eigenvalue weighted by molar-refractivity contribution is 0.0202. The number of halogens is 1. The van der Waals surface area contributed by atoms with Gasteiger partial charge in [0.05, 0.1) is 17.6 Å². The molecule has 0 aromatic heterocycles. The molecule has 0 radical (unpaired) electrons. The van der Waals surface area contributed by atoms with E-state index in [0.717, 1.165) is 12.6 Å². The van der Waals surface area contributed by atoms with E-state index in [1.54, 1.807) is 0 Å². The molecule has 1 fully saturated rings. The topological polar surface area (TPSA) is 70.6 Å². The van der Waals surface area contributed by atoms with Gasteiger partial charge in [0, 0.05) is 17.5 Å². The first-order valence-corrected chi connectivity index (χ1v) is 10.3. The van der Waals surface area contributed by atoms with Crippen molar-refractivity contribution in [3.05, 3.63) is 24.0 Å². The van der Waals surface area contributed by atoms with Crippen LogP contribution in [0.2, 0.25) is 0 Å². The van der Waals surface area contributed by atoms with Crippen LogP contribution in [0.3, 0.4) is 0 Å². The summed E-state index contributed by atoms with van der Waals surface area (Å²) in [6.45, 7) is 6.92. The van der Waals surface area contributed by atoms with Gasteiger partial charge in [0.25, 0.3) is 0 Å². The monoisotopic (exact) mass is 332 g/mol. The number of aliphatic hydroxyl groups excluding tert-OH is 1. The maximum atomic E-state index is 11.2. The minimum absolute atomic E-state index is 0.315. The van der Waals surface area contributed by atoms with Crippen molar-refractivity contribution in [2.45, 2.75) is 30.1 Å². The van der Waals surface area contributed by atoms with Crippen molar-refractivity contribution in [3.8, 4) is 0 Å². The van der Waals surface area contributed by atoms with Crippen LogP contribution < -0.4 is 10.6 Å². The van der Waals surface area contributed by atoms with E-state index in [1.165, 1.54) is 6.20 Å². The standard InChI is InChI=1S/C14H22ClN2O3P/c1-8-9(7-16-14(19)17-8)13-11(15)12(18)10(20-13)5-6-21(2,3)4/h7,10-13,18H,1-2,5-6H2,3-4H3,(H2,16,17,19)/t10-,11-,12-,13?/m1/s1. The Kier molecular flexibility index (Phi) is 4.89. The van der Waals surface area contributed by atoms with Gasteiger partial charge in [-0.15, -0.1) is 24.8 Å². The van der Waals surface area contributed by atoms with E-state index in [9.17, 15) is 9.90 Å². The van der Waals surface area contributed by atoms with Crippen LogP contribution in [-0.4, -0.2) is 60.6 Å². The van der Waals surface area contributed by atoms with Crippen molar-refractivity contribution >= 4 is 30.8 Å². The number of carbonyl (C=O) groups is 1. The number of rotatable bonds is 4. The first-order valence-electron chi connectivity index (χ1n) is 6.81. The van der Waals surface area contributed by atoms with Crippen LogP contribution in [0.25, 0.3) is 0 Å². The van der Waals surface area contributed by atoms with Crippen LogP contribution in [0.15, 0.2) is 24.0 Å². The van der Waals surface area contributed by atoms with Crippen LogP contribution in [-0.2, 0) is 4.74 Å². The first-order chi connectivity index (χ1) is 9.69. The summed E-state index contributed by atoms with van der Waals surface area (Å²) in [5.74, 6) is 0. The Morgan fingerprint density at radius 1 is 1.52 bits per heavy atom. The molecule has 2 rings (SSSR count). The van der Waals surface area contributed by atoms with Gasteiger partial charge >= 0.3 is 6.03 Å². The number of carbonyl (C=O) groups excluding carboxylic acids is 1. The summed E-state index contributed by atoms with van der Waals surface area (Å²) < 4.78 is 5.91. The molecule has 2 aliphatic heterocycles. The summed E-state index contributed by atoms with van der Waals surface area (Å²) in [5.41, 5.74) is 1.12. The second kappa shape index (κ2) is 6.17. The smallest absolute Gasteiger partial charge is 0.323 e. The molecule has 2 amide bonds. The highest BCUT2D eigenvalue weighted by atomic mass is 35.5. The van der Waals surface area contributed by atoms with E-state index in [-0.39, 0.29) is 12.1 Å². The largest absolute Gasteiger partial charge is 0.389 e. The average Bonchev–Trinajstić information content (AvgIpc) is 2.64. The number of amides is 2. The molecule has 0 saturated carbocycles. The number of alkyl halides is 1. The maximum absolute atomic E-state index is 11.2. The summed E-state index contributed by atoms with van der Waals surface area (Å²) in [4.78, 5) is 11.2. The number of nitrogens with one attached hydrogen (secondary N) is 2. The molecule has 2 aliphatic rings. The summed E-state index contributed by atoms with van der Waals surface area (Å²) in [5, 5.41) is 14.8. The molecule has 7 heteroatoms. The van der Waals surface area contributed by atoms with Crippen molar-refractivity contribution in [2.75, 3.05) is 19.5 Å². The zero-order chi connectivity index (χ0) is 15.8. The number of hydrogen-bond donors (Lipinski definition) is 3. The molecule has 2 heterocycles. The van der Waals surface area contributed by atoms with Crippen molar-refractivity contribution in [3.63, 3.8) is 0 Å². The molecule has 0 aromatic rings. The van der Waals surface area contributed by atoms with Gasteiger partial charge < -0.3 is 20.5 Å². The third-order valence-corrected chi connectivity index (χ3v) is 5.57. The van der Waals surface area contributed by atoms with Crippen LogP contribution in [0, 0.1) is 0 Å². The number of urea groups is 1. The zero-order valence-corrected chi connectivity index (χ0v) is 14.0. The Balaban J connectivity index is 2.08. The predicted molar refractivity (Wildman–Crippen MR) is 88.6 cm³/mol. The first kappa shape index (κ1) is 16.6. The molecule has 3 N–H and O–H groups in total. The van der Waals surface area contributed by atoms with Crippen molar-refractivity contribution in [1.82, 2.24) is 10.6 Å². The fourth-order valence-corrected chi connectivity index (χ4v) is 3.73. The summed E-state index contributed by atoms with van der Waals surface area (Å²) >= 11 is 6.30. The number of aliphatic hydroxyl groups is 1. The van der Waals surface area contributed by atoms with Crippen molar-refractivity contribution in [2.24, 2.45) is 0 Å². The quantitative estimate of drug-likeness (QED) is 0.540. The van der Waals surface area contributed by atoms with E-state index in [1.807, 2.05) is 0 Å². The van der Waals surface area contributed by atoms with E-state index in [0.29, 0.717) is 11.3 Å². The van der Waals surface area contributed by atoms with E-state index in [4.69, 9.17) is 16.3 Å². The van der Waals surface area contributed by atoms with Crippen LogP contribution in [0.4, 0.5) is 4.79 Å². The van der Waals surface area contributed by atoms with Crippen molar-refractivity contribution < 1.29 is 14.6 Å². The highest BCUT2D eigenvalue weighted by Gasteiger charge is 2.45. The van der Waals surface area contributed by atoms with Crippen LogP contribution in [0.5, 0.6) is 0 Å². The molecule has 21 heavy (non-hydrogen) atoms. The SMILES string of the molecule is C=C1NC(=O)NC=C1C1O[C@H](CCP(=C)(C)C)[C@@H](O)[C@H]1Cl. The van der Waals surface area contributed by atoms with Crippen LogP contribution >= 0.6 is 18.5 Å². The lowest BCUT2D eigenvalue weighted by Crippen LogP contribution is -2.40. The molecule has 1 unspecified atom stereocenters. The minimum atomic E-state index is -1.17. The molecule has 118 valence electrons. The number of hydrogen-bond acceptors (Lipinski definition) is 3. The molecule has 0 aliphatic carbocycles. The summed E-state index contributed by atoms with van der Waals surface area (Å²) in [7, 11) is 0. The summed E-state index contributed by atoms with van der Waals surface area (Å²) in [6, 6.07) is -0.339. The zero-order valence-electron chi connectivity index (χ0n) is 12.3. The molecular weight excluding hydrogens is 311 g/mol. The highest BCUT2D eigenvalue weighted by Crippen LogP contribution is 2.40. The lowest BCUT2D eigenvalue weighted by atomic mass is 10.0. The van der Waals surface area contributed by atoms with Gasteiger partial charge in [-0.3, -0.25) is 0 Å². The Morgan fingerprint density at radius 2 is 2.19 bits per heavy atom. The Morgan fingerprint density at radius 3 is 2.76 bits per heavy atom. The van der Waals surface area contributed by atoms with Gasteiger partial charge in [0.2, 0.25) is 0 Å². The molecule has 0 spiro atoms. The van der Waals surface area contributed by atoms with Gasteiger partial charge in [-0.05, 0) is 25.9 Å². The van der Waals surface area contributed by atoms with Gasteiger partial charge in [-0.25, -0.2) is 4.79 Å². The average molecular weight is 333 g/mol. The third-order valence-electron chi connectivity index (χ3n) is 3.61.